The van der Waals surface area contributed by atoms with E-state index in [0.717, 1.165) is 5.69 Å². The van der Waals surface area contributed by atoms with Crippen molar-refractivity contribution >= 4 is 40.5 Å². The summed E-state index contributed by atoms with van der Waals surface area (Å²) in [5, 5.41) is 12.5. The first-order chi connectivity index (χ1) is 10.1. The Balaban J connectivity index is 2.14. The van der Waals surface area contributed by atoms with Gasteiger partial charge in [0, 0.05) is 10.7 Å². The van der Waals surface area contributed by atoms with E-state index in [0.29, 0.717) is 16.4 Å². The van der Waals surface area contributed by atoms with Crippen LogP contribution in [0.1, 0.15) is 10.4 Å². The second-order valence-electron chi connectivity index (χ2n) is 4.62. The molecule has 2 aromatic rings. The van der Waals surface area contributed by atoms with Crippen molar-refractivity contribution in [2.24, 2.45) is 0 Å². The van der Waals surface area contributed by atoms with Gasteiger partial charge in [0.25, 0.3) is 0 Å². The lowest BCUT2D eigenvalue weighted by molar-refractivity contribution is -0.115. The Bertz CT molecular complexity index is 728. The van der Waals surface area contributed by atoms with Crippen molar-refractivity contribution in [3.63, 3.8) is 0 Å². The van der Waals surface area contributed by atoms with Crippen LogP contribution in [0.3, 0.4) is 0 Å². The molecule has 0 unspecified atom stereocenters. The largest absolute Gasteiger partial charge is 0.478 e. The Morgan fingerprint density at radius 3 is 2.57 bits per heavy atom. The third-order valence-electron chi connectivity index (χ3n) is 3.27. The first kappa shape index (κ1) is 13.5. The number of nitrogens with one attached hydrogen (secondary N) is 1. The quantitative estimate of drug-likeness (QED) is 0.894. The maximum atomic E-state index is 11.9. The zero-order chi connectivity index (χ0) is 15.0. The molecule has 1 heterocycles. The molecule has 0 fully saturated rings. The zero-order valence-electron chi connectivity index (χ0n) is 10.8. The van der Waals surface area contributed by atoms with Gasteiger partial charge in [0.15, 0.2) is 0 Å². The molecule has 0 aliphatic carbocycles. The van der Waals surface area contributed by atoms with Gasteiger partial charge in [-0.05, 0) is 36.4 Å². The summed E-state index contributed by atoms with van der Waals surface area (Å²) in [5.41, 5.74) is 1.81. The van der Waals surface area contributed by atoms with E-state index < -0.39 is 5.97 Å². The summed E-state index contributed by atoms with van der Waals surface area (Å²) in [5.74, 6) is -1.34. The number of carbonyl (C=O) groups is 2. The Morgan fingerprint density at radius 2 is 1.90 bits per heavy atom. The van der Waals surface area contributed by atoms with Crippen molar-refractivity contribution < 1.29 is 14.7 Å². The first-order valence-electron chi connectivity index (χ1n) is 6.25. The average molecular weight is 303 g/mol. The highest BCUT2D eigenvalue weighted by Gasteiger charge is 2.26. The summed E-state index contributed by atoms with van der Waals surface area (Å²) >= 11 is 5.87. The topological polar surface area (TPSA) is 69.6 Å². The highest BCUT2D eigenvalue weighted by Crippen LogP contribution is 2.37. The van der Waals surface area contributed by atoms with Gasteiger partial charge in [0.05, 0.1) is 16.9 Å². The normalized spacial score (nSPS) is 13.6. The number of amides is 1. The van der Waals surface area contributed by atoms with Gasteiger partial charge in [-0.1, -0.05) is 17.7 Å². The third-order valence-corrected chi connectivity index (χ3v) is 3.52. The van der Waals surface area contributed by atoms with Crippen molar-refractivity contribution in [3.8, 4) is 0 Å². The van der Waals surface area contributed by atoms with Gasteiger partial charge in [-0.3, -0.25) is 4.79 Å². The van der Waals surface area contributed by atoms with Gasteiger partial charge in [-0.15, -0.1) is 0 Å². The van der Waals surface area contributed by atoms with E-state index in [2.05, 4.69) is 5.32 Å². The average Bonchev–Trinajstić information content (AvgIpc) is 2.46. The summed E-state index contributed by atoms with van der Waals surface area (Å²) in [6.45, 7) is 0.123. The highest BCUT2D eigenvalue weighted by atomic mass is 35.5. The smallest absolute Gasteiger partial charge is 0.337 e. The van der Waals surface area contributed by atoms with Crippen LogP contribution in [0.25, 0.3) is 0 Å². The van der Waals surface area contributed by atoms with Gasteiger partial charge in [0.1, 0.15) is 6.54 Å². The van der Waals surface area contributed by atoms with Crippen molar-refractivity contribution in [2.75, 3.05) is 16.8 Å². The molecule has 2 aromatic carbocycles. The fraction of sp³-hybridized carbons (Fsp3) is 0.0667. The van der Waals surface area contributed by atoms with E-state index >= 15 is 0 Å². The molecule has 1 aliphatic heterocycles. The number of nitrogens with zero attached hydrogens (tertiary/aromatic N) is 1. The molecule has 0 saturated heterocycles. The molecule has 106 valence electrons. The van der Waals surface area contributed by atoms with Crippen LogP contribution in [-0.4, -0.2) is 23.5 Å². The molecule has 0 spiro atoms. The van der Waals surface area contributed by atoms with Crippen LogP contribution in [0.15, 0.2) is 42.5 Å². The number of carboxylic acids is 1. The van der Waals surface area contributed by atoms with Gasteiger partial charge in [0.2, 0.25) is 5.91 Å². The van der Waals surface area contributed by atoms with E-state index in [4.69, 9.17) is 11.6 Å². The number of rotatable bonds is 2. The van der Waals surface area contributed by atoms with E-state index in [1.807, 2.05) is 0 Å². The number of hydrogen-bond donors (Lipinski definition) is 2. The van der Waals surface area contributed by atoms with Gasteiger partial charge in [-0.25, -0.2) is 4.79 Å². The molecule has 2 N–H and O–H groups in total. The van der Waals surface area contributed by atoms with E-state index in [9.17, 15) is 14.7 Å². The van der Waals surface area contributed by atoms with Crippen molar-refractivity contribution in [1.82, 2.24) is 0 Å². The molecule has 21 heavy (non-hydrogen) atoms. The van der Waals surface area contributed by atoms with Crippen LogP contribution in [0, 0.1) is 0 Å². The lowest BCUT2D eigenvalue weighted by Crippen LogP contribution is -2.35. The second kappa shape index (κ2) is 5.10. The number of halogens is 1. The van der Waals surface area contributed by atoms with Crippen LogP contribution >= 0.6 is 11.6 Å². The molecule has 0 atom stereocenters. The maximum Gasteiger partial charge on any atom is 0.337 e. The number of aromatic carboxylic acids is 1. The number of carboxylic acid groups (broad SMARTS) is 1. The molecule has 1 aliphatic rings. The molecule has 1 amide bonds. The van der Waals surface area contributed by atoms with E-state index in [1.54, 1.807) is 41.3 Å². The number of para-hydroxylation sites is 1. The molecule has 0 aromatic heterocycles. The third kappa shape index (κ3) is 2.43. The van der Waals surface area contributed by atoms with Gasteiger partial charge >= 0.3 is 5.97 Å². The van der Waals surface area contributed by atoms with Crippen LogP contribution in [0.2, 0.25) is 5.02 Å². The molecule has 5 nitrogen and oxygen atoms in total. The lowest BCUT2D eigenvalue weighted by atomic mass is 10.1. The minimum atomic E-state index is -1.08. The van der Waals surface area contributed by atoms with Gasteiger partial charge < -0.3 is 15.3 Å². The number of anilines is 3. The predicted molar refractivity (Wildman–Crippen MR) is 80.5 cm³/mol. The van der Waals surface area contributed by atoms with Gasteiger partial charge in [-0.2, -0.15) is 0 Å². The fourth-order valence-corrected chi connectivity index (χ4v) is 2.46. The van der Waals surface area contributed by atoms with Crippen LogP contribution in [-0.2, 0) is 4.79 Å². The Hall–Kier alpha value is -2.53. The molecule has 0 radical (unpaired) electrons. The number of fused-ring (bicyclic) bond motifs is 1. The SMILES string of the molecule is O=C1CN(c2ccc(Cl)cc2)c2cccc(C(=O)O)c2N1. The monoisotopic (exact) mass is 302 g/mol. The summed E-state index contributed by atoms with van der Waals surface area (Å²) < 4.78 is 0. The molecule has 6 heteroatoms. The molecular weight excluding hydrogens is 292 g/mol. The minimum Gasteiger partial charge on any atom is -0.478 e. The molecule has 3 rings (SSSR count). The number of hydrogen-bond acceptors (Lipinski definition) is 3. The molecule has 0 bridgehead atoms. The predicted octanol–water partition coefficient (Wildman–Crippen LogP) is 3.13. The Labute approximate surface area is 125 Å². The van der Waals surface area contributed by atoms with Crippen molar-refractivity contribution in [3.05, 3.63) is 53.1 Å². The lowest BCUT2D eigenvalue weighted by Gasteiger charge is -2.31. The Kier molecular flexibility index (Phi) is 3.27. The molecular formula is C15H11ClN2O3. The maximum absolute atomic E-state index is 11.9. The second-order valence-corrected chi connectivity index (χ2v) is 5.05. The Morgan fingerprint density at radius 1 is 1.19 bits per heavy atom. The zero-order valence-corrected chi connectivity index (χ0v) is 11.6. The summed E-state index contributed by atoms with van der Waals surface area (Å²) in [6.07, 6.45) is 0. The van der Waals surface area contributed by atoms with Crippen LogP contribution in [0.4, 0.5) is 17.1 Å². The number of benzene rings is 2. The van der Waals surface area contributed by atoms with Crippen LogP contribution < -0.4 is 10.2 Å². The standard InChI is InChI=1S/C15H11ClN2O3/c16-9-4-6-10(7-5-9)18-8-13(19)17-14-11(15(20)21)2-1-3-12(14)18/h1-7H,8H2,(H,17,19)(H,20,21). The van der Waals surface area contributed by atoms with E-state index in [-0.39, 0.29) is 18.0 Å². The van der Waals surface area contributed by atoms with Crippen LogP contribution in [0.5, 0.6) is 0 Å². The van der Waals surface area contributed by atoms with Crippen molar-refractivity contribution in [1.29, 1.82) is 0 Å². The van der Waals surface area contributed by atoms with Crippen molar-refractivity contribution in [2.45, 2.75) is 0 Å². The van der Waals surface area contributed by atoms with E-state index in [1.165, 1.54) is 6.07 Å². The minimum absolute atomic E-state index is 0.0690. The summed E-state index contributed by atoms with van der Waals surface area (Å²) in [6, 6.07) is 11.9. The number of carbonyl (C=O) groups excluding carboxylic acids is 1. The highest BCUT2D eigenvalue weighted by molar-refractivity contribution is 6.30. The molecule has 0 saturated carbocycles. The fourth-order valence-electron chi connectivity index (χ4n) is 2.33. The summed E-state index contributed by atoms with van der Waals surface area (Å²) in [7, 11) is 0. The first-order valence-corrected chi connectivity index (χ1v) is 6.63. The summed E-state index contributed by atoms with van der Waals surface area (Å²) in [4.78, 5) is 24.9.